The molecule has 3 N–H and O–H groups in total. The van der Waals surface area contributed by atoms with Crippen LogP contribution in [0.5, 0.6) is 5.75 Å². The van der Waals surface area contributed by atoms with Crippen molar-refractivity contribution in [3.8, 4) is 5.75 Å². The van der Waals surface area contributed by atoms with Gasteiger partial charge in [0.25, 0.3) is 0 Å². The van der Waals surface area contributed by atoms with E-state index < -0.39 is 17.2 Å². The second-order valence-electron chi connectivity index (χ2n) is 3.54. The quantitative estimate of drug-likeness (QED) is 0.765. The minimum absolute atomic E-state index is 0.260. The van der Waals surface area contributed by atoms with Crippen molar-refractivity contribution in [2.75, 3.05) is 0 Å². The molecule has 1 saturated carbocycles. The Morgan fingerprint density at radius 2 is 2.00 bits per heavy atom. The molecule has 76 valence electrons. The Morgan fingerprint density at radius 3 is 2.50 bits per heavy atom. The predicted octanol–water partition coefficient (Wildman–Crippen LogP) is 2.38. The van der Waals surface area contributed by atoms with Crippen molar-refractivity contribution in [3.63, 3.8) is 0 Å². The minimum Gasteiger partial charge on any atom is -0.506 e. The number of aromatic hydroxyl groups is 1. The van der Waals surface area contributed by atoms with E-state index in [1.54, 1.807) is 0 Å². The molecule has 0 radical (unpaired) electrons. The number of rotatable bonds is 1. The lowest BCUT2D eigenvalue weighted by Crippen LogP contribution is -2.19. The second-order valence-corrected chi connectivity index (χ2v) is 4.33. The van der Waals surface area contributed by atoms with Crippen LogP contribution in [0.4, 0.5) is 8.78 Å². The lowest BCUT2D eigenvalue weighted by Gasteiger charge is -2.13. The molecular weight excluding hydrogens is 256 g/mol. The Kier molecular flexibility index (Phi) is 2.04. The molecular formula is C9H8BrF2NO. The number of phenols is 1. The molecule has 0 amide bonds. The van der Waals surface area contributed by atoms with Gasteiger partial charge < -0.3 is 10.8 Å². The molecule has 0 aromatic heterocycles. The maximum absolute atomic E-state index is 13.0. The third-order valence-corrected chi connectivity index (χ3v) is 3.19. The molecule has 5 heteroatoms. The van der Waals surface area contributed by atoms with Crippen molar-refractivity contribution in [2.24, 2.45) is 5.73 Å². The average Bonchev–Trinajstić information content (AvgIpc) is 2.87. The number of nitrogens with two attached hydrogens (primary N) is 1. The Labute approximate surface area is 87.9 Å². The molecule has 0 saturated heterocycles. The van der Waals surface area contributed by atoms with Gasteiger partial charge in [0.05, 0.1) is 4.47 Å². The van der Waals surface area contributed by atoms with Crippen LogP contribution in [0, 0.1) is 11.6 Å². The molecule has 0 bridgehead atoms. The van der Waals surface area contributed by atoms with Crippen LogP contribution in [-0.2, 0) is 5.54 Å². The van der Waals surface area contributed by atoms with Gasteiger partial charge in [-0.2, -0.15) is 0 Å². The first kappa shape index (κ1) is 9.86. The lowest BCUT2D eigenvalue weighted by atomic mass is 10.0. The Hall–Kier alpha value is -0.680. The van der Waals surface area contributed by atoms with Crippen molar-refractivity contribution >= 4 is 15.9 Å². The first-order valence-electron chi connectivity index (χ1n) is 4.11. The summed E-state index contributed by atoms with van der Waals surface area (Å²) < 4.78 is 25.7. The zero-order valence-electron chi connectivity index (χ0n) is 7.15. The molecule has 0 atom stereocenters. The zero-order valence-corrected chi connectivity index (χ0v) is 8.74. The highest BCUT2D eigenvalue weighted by atomic mass is 79.9. The highest BCUT2D eigenvalue weighted by molar-refractivity contribution is 9.10. The number of halogens is 3. The van der Waals surface area contributed by atoms with E-state index in [4.69, 9.17) is 5.73 Å². The summed E-state index contributed by atoms with van der Waals surface area (Å²) in [7, 11) is 0. The zero-order chi connectivity index (χ0) is 10.5. The molecule has 0 aliphatic heterocycles. The van der Waals surface area contributed by atoms with E-state index in [1.807, 2.05) is 0 Å². The van der Waals surface area contributed by atoms with Crippen LogP contribution in [0.25, 0.3) is 0 Å². The summed E-state index contributed by atoms with van der Waals surface area (Å²) in [6, 6.07) is 0.961. The maximum atomic E-state index is 13.0. The molecule has 1 aliphatic carbocycles. The molecule has 1 aliphatic rings. The topological polar surface area (TPSA) is 46.2 Å². The summed E-state index contributed by atoms with van der Waals surface area (Å²) >= 11 is 2.78. The maximum Gasteiger partial charge on any atom is 0.176 e. The molecule has 0 spiro atoms. The Morgan fingerprint density at radius 1 is 1.43 bits per heavy atom. The highest BCUT2D eigenvalue weighted by Gasteiger charge is 2.43. The van der Waals surface area contributed by atoms with Gasteiger partial charge in [-0.3, -0.25) is 0 Å². The van der Waals surface area contributed by atoms with Gasteiger partial charge in [0.1, 0.15) is 5.75 Å². The van der Waals surface area contributed by atoms with E-state index in [2.05, 4.69) is 15.9 Å². The van der Waals surface area contributed by atoms with Crippen LogP contribution in [0.2, 0.25) is 0 Å². The van der Waals surface area contributed by atoms with Crippen molar-refractivity contribution < 1.29 is 13.9 Å². The summed E-state index contributed by atoms with van der Waals surface area (Å²) in [5.74, 6) is -2.39. The van der Waals surface area contributed by atoms with Crippen molar-refractivity contribution in [1.29, 1.82) is 0 Å². The van der Waals surface area contributed by atoms with Gasteiger partial charge in [0.15, 0.2) is 11.6 Å². The molecule has 0 unspecified atom stereocenters. The number of phenolic OH excluding ortho intramolecular Hbond substituents is 1. The summed E-state index contributed by atoms with van der Waals surface area (Å²) in [4.78, 5) is 0. The third kappa shape index (κ3) is 1.31. The molecule has 1 fully saturated rings. The molecule has 2 rings (SSSR count). The smallest absolute Gasteiger partial charge is 0.176 e. The fourth-order valence-corrected chi connectivity index (χ4v) is 1.77. The van der Waals surface area contributed by atoms with Gasteiger partial charge in [0.2, 0.25) is 0 Å². The fourth-order valence-electron chi connectivity index (χ4n) is 1.37. The SMILES string of the molecule is NC1(c2cc(F)c(F)c(Br)c2O)CC1. The molecule has 0 heterocycles. The summed E-state index contributed by atoms with van der Waals surface area (Å²) in [6.45, 7) is 0. The van der Waals surface area contributed by atoms with Crippen LogP contribution in [0.3, 0.4) is 0 Å². The van der Waals surface area contributed by atoms with Crippen molar-refractivity contribution in [1.82, 2.24) is 0 Å². The summed E-state index contributed by atoms with van der Waals surface area (Å²) in [5.41, 5.74) is 5.37. The van der Waals surface area contributed by atoms with E-state index >= 15 is 0 Å². The fraction of sp³-hybridized carbons (Fsp3) is 0.333. The van der Waals surface area contributed by atoms with Crippen LogP contribution >= 0.6 is 15.9 Å². The summed E-state index contributed by atoms with van der Waals surface area (Å²) in [5, 5.41) is 9.54. The van der Waals surface area contributed by atoms with Gasteiger partial charge in [-0.15, -0.1) is 0 Å². The second kappa shape index (κ2) is 2.90. The van der Waals surface area contributed by atoms with Gasteiger partial charge >= 0.3 is 0 Å². The minimum atomic E-state index is -1.09. The molecule has 1 aromatic carbocycles. The normalized spacial score (nSPS) is 18.3. The monoisotopic (exact) mass is 263 g/mol. The van der Waals surface area contributed by atoms with Gasteiger partial charge in [-0.25, -0.2) is 8.78 Å². The molecule has 1 aromatic rings. The molecule has 14 heavy (non-hydrogen) atoms. The molecule has 2 nitrogen and oxygen atoms in total. The Bertz CT molecular complexity index is 404. The van der Waals surface area contributed by atoms with Crippen LogP contribution < -0.4 is 5.73 Å². The largest absolute Gasteiger partial charge is 0.506 e. The van der Waals surface area contributed by atoms with Gasteiger partial charge in [-0.05, 0) is 34.8 Å². The number of hydrogen-bond acceptors (Lipinski definition) is 2. The number of benzene rings is 1. The average molecular weight is 264 g/mol. The third-order valence-electron chi connectivity index (χ3n) is 2.46. The van der Waals surface area contributed by atoms with E-state index in [0.717, 1.165) is 6.07 Å². The Balaban J connectivity index is 2.62. The standard InChI is InChI=1S/C9H8BrF2NO/c10-6-7(12)5(11)3-4(8(6)14)9(13)1-2-9/h3,14H,1-2,13H2. The predicted molar refractivity (Wildman–Crippen MR) is 50.8 cm³/mol. The van der Waals surface area contributed by atoms with E-state index in [-0.39, 0.29) is 15.8 Å². The lowest BCUT2D eigenvalue weighted by molar-refractivity contribution is 0.433. The van der Waals surface area contributed by atoms with Crippen LogP contribution in [0.15, 0.2) is 10.5 Å². The summed E-state index contributed by atoms with van der Waals surface area (Å²) in [6.07, 6.45) is 1.36. The van der Waals surface area contributed by atoms with E-state index in [9.17, 15) is 13.9 Å². The first-order valence-corrected chi connectivity index (χ1v) is 4.91. The van der Waals surface area contributed by atoms with Gasteiger partial charge in [0, 0.05) is 11.1 Å². The highest BCUT2D eigenvalue weighted by Crippen LogP contribution is 2.48. The van der Waals surface area contributed by atoms with Crippen LogP contribution in [-0.4, -0.2) is 5.11 Å². The van der Waals surface area contributed by atoms with Gasteiger partial charge in [-0.1, -0.05) is 0 Å². The van der Waals surface area contributed by atoms with Crippen LogP contribution in [0.1, 0.15) is 18.4 Å². The number of hydrogen-bond donors (Lipinski definition) is 2. The van der Waals surface area contributed by atoms with E-state index in [0.29, 0.717) is 12.8 Å². The first-order chi connectivity index (χ1) is 6.46. The van der Waals surface area contributed by atoms with Crippen molar-refractivity contribution in [3.05, 3.63) is 27.7 Å². The van der Waals surface area contributed by atoms with E-state index in [1.165, 1.54) is 0 Å². The van der Waals surface area contributed by atoms with Crippen molar-refractivity contribution in [2.45, 2.75) is 18.4 Å².